The highest BCUT2D eigenvalue weighted by Gasteiger charge is 1.99. The van der Waals surface area contributed by atoms with Gasteiger partial charge < -0.3 is 14.6 Å². The van der Waals surface area contributed by atoms with Gasteiger partial charge in [0.1, 0.15) is 0 Å². The molecule has 0 unspecified atom stereocenters. The average molecular weight is 693 g/mol. The molecule has 192 valence electrons. The Morgan fingerprint density at radius 3 is 1.39 bits per heavy atom. The Bertz CT molecular complexity index is 354. The van der Waals surface area contributed by atoms with E-state index in [9.17, 15) is 14.4 Å². The molecule has 0 aromatic rings. The number of ether oxygens (including phenoxy) is 2. The van der Waals surface area contributed by atoms with Crippen LogP contribution >= 0.6 is 54.5 Å². The van der Waals surface area contributed by atoms with Crippen LogP contribution in [0, 0.1) is 0 Å². The van der Waals surface area contributed by atoms with E-state index in [0.29, 0.717) is 32.5 Å². The Balaban J connectivity index is -0.0000000726. The van der Waals surface area contributed by atoms with Crippen LogP contribution in [0.4, 0.5) is 0 Å². The highest BCUT2D eigenvalue weighted by atomic mass is 127. The second kappa shape index (κ2) is 40.5. The molecule has 1 N–H and O–H groups in total. The van der Waals surface area contributed by atoms with E-state index in [1.807, 2.05) is 13.8 Å². The number of aliphatic carboxylic acids is 1. The molecule has 0 aliphatic carbocycles. The van der Waals surface area contributed by atoms with Crippen molar-refractivity contribution >= 4 is 80.8 Å². The van der Waals surface area contributed by atoms with Gasteiger partial charge in [0.2, 0.25) is 0 Å². The Kier molecular flexibility index (Phi) is 58.5. The average Bonchev–Trinajstić information content (AvgIpc) is 2.64. The van der Waals surface area contributed by atoms with Crippen molar-refractivity contribution < 1.29 is 29.0 Å². The number of hydrogen-bond donors (Lipinski definition) is 1. The van der Waals surface area contributed by atoms with Crippen molar-refractivity contribution in [2.75, 3.05) is 28.3 Å². The maximum absolute atomic E-state index is 10.7. The Morgan fingerprint density at radius 1 is 0.742 bits per heavy atom. The molecular formula is C21H47BBr2IO6-. The van der Waals surface area contributed by atoms with Crippen molar-refractivity contribution in [2.24, 2.45) is 0 Å². The molecule has 0 aliphatic heterocycles. The molecular weight excluding hydrogens is 646 g/mol. The molecule has 0 atom stereocenters. The maximum atomic E-state index is 10.7. The van der Waals surface area contributed by atoms with Crippen molar-refractivity contribution in [3.05, 3.63) is 0 Å². The zero-order valence-electron chi connectivity index (χ0n) is 17.0. The number of rotatable bonds is 14. The number of carboxylic acid groups (broad SMARTS) is 1. The van der Waals surface area contributed by atoms with Crippen LogP contribution < -0.4 is 0 Å². The molecule has 0 saturated carbocycles. The number of hydrogen-bond acceptors (Lipinski definition) is 5. The minimum absolute atomic E-state index is 0. The summed E-state index contributed by atoms with van der Waals surface area (Å²) in [5.74, 6) is -0.846. The Hall–Kier alpha value is 0.165. The standard InChI is InChI=1S/C7H13BrO2.C7H13IO2.C5H9BrO2.2CH4.BH4/c2*1-2-10-7(9)5-3-4-6-8;6-4-2-1-3-5(7)8;;;/h2*2-6H2,1H3;1-4H2,(H,7,8);3*1H4/q;;;;;-1. The van der Waals surface area contributed by atoms with E-state index in [-0.39, 0.29) is 35.2 Å². The molecule has 6 nitrogen and oxygen atoms in total. The zero-order valence-corrected chi connectivity index (χ0v) is 22.4. The van der Waals surface area contributed by atoms with E-state index < -0.39 is 5.97 Å². The quantitative estimate of drug-likeness (QED) is 0.0824. The zero-order chi connectivity index (χ0) is 22.0. The van der Waals surface area contributed by atoms with Crippen LogP contribution in [0.2, 0.25) is 0 Å². The summed E-state index contributed by atoms with van der Waals surface area (Å²) in [6.07, 6.45) is 7.19. The van der Waals surface area contributed by atoms with Crippen LogP contribution in [-0.4, -0.2) is 59.7 Å². The van der Waals surface area contributed by atoms with Gasteiger partial charge in [-0.25, -0.2) is 0 Å². The van der Waals surface area contributed by atoms with E-state index >= 15 is 0 Å². The van der Waals surface area contributed by atoms with E-state index in [1.54, 1.807) is 0 Å². The molecule has 0 aromatic carbocycles. The summed E-state index contributed by atoms with van der Waals surface area (Å²) < 4.78 is 10.6. The second-order valence-electron chi connectivity index (χ2n) is 5.44. The van der Waals surface area contributed by atoms with Gasteiger partial charge in [-0.3, -0.25) is 14.4 Å². The number of esters is 2. The van der Waals surface area contributed by atoms with Crippen LogP contribution in [0.25, 0.3) is 0 Å². The SMILES string of the molecule is C.C.CCOC(=O)CCCCBr.CCOC(=O)CCCCI.O=C(O)CCCCBr.[BH4-]. The van der Waals surface area contributed by atoms with Gasteiger partial charge >= 0.3 is 17.9 Å². The lowest BCUT2D eigenvalue weighted by molar-refractivity contribution is -0.144. The van der Waals surface area contributed by atoms with Gasteiger partial charge in [-0.2, -0.15) is 0 Å². The Labute approximate surface area is 223 Å². The number of alkyl halides is 3. The smallest absolute Gasteiger partial charge is 0.305 e. The van der Waals surface area contributed by atoms with Gasteiger partial charge in [0.25, 0.3) is 0 Å². The van der Waals surface area contributed by atoms with E-state index in [2.05, 4.69) is 54.5 Å². The van der Waals surface area contributed by atoms with Crippen LogP contribution in [0.15, 0.2) is 0 Å². The lowest BCUT2D eigenvalue weighted by Gasteiger charge is -1.98. The van der Waals surface area contributed by atoms with E-state index in [4.69, 9.17) is 14.6 Å². The fraction of sp³-hybridized carbons (Fsp3) is 0.857. The number of carboxylic acids is 1. The van der Waals surface area contributed by atoms with E-state index in [1.165, 1.54) is 0 Å². The third-order valence-electron chi connectivity index (χ3n) is 2.91. The second-order valence-corrected chi connectivity index (χ2v) is 8.11. The van der Waals surface area contributed by atoms with Crippen LogP contribution in [0.1, 0.15) is 86.5 Å². The number of carbonyl (C=O) groups is 3. The van der Waals surface area contributed by atoms with E-state index in [0.717, 1.165) is 53.6 Å². The number of unbranched alkanes of at least 4 members (excludes halogenated alkanes) is 3. The van der Waals surface area contributed by atoms with Crippen molar-refractivity contribution in [3.8, 4) is 0 Å². The molecule has 31 heavy (non-hydrogen) atoms. The first-order valence-electron chi connectivity index (χ1n) is 9.60. The normalized spacial score (nSPS) is 8.42. The third-order valence-corrected chi connectivity index (χ3v) is 4.80. The van der Waals surface area contributed by atoms with Crippen molar-refractivity contribution in [1.29, 1.82) is 0 Å². The molecule has 0 aromatic heterocycles. The fourth-order valence-corrected chi connectivity index (χ4v) is 2.90. The highest BCUT2D eigenvalue weighted by Crippen LogP contribution is 2.00. The number of halogens is 3. The first kappa shape index (κ1) is 44.8. The summed E-state index contributed by atoms with van der Waals surface area (Å²) >= 11 is 8.80. The molecule has 0 heterocycles. The van der Waals surface area contributed by atoms with Crippen LogP contribution in [-0.2, 0) is 23.9 Å². The first-order valence-corrected chi connectivity index (χ1v) is 13.4. The van der Waals surface area contributed by atoms with Gasteiger partial charge in [-0.05, 0) is 56.8 Å². The topological polar surface area (TPSA) is 89.9 Å². The predicted molar refractivity (Wildman–Crippen MR) is 154 cm³/mol. The van der Waals surface area contributed by atoms with Crippen LogP contribution in [0.5, 0.6) is 0 Å². The highest BCUT2D eigenvalue weighted by molar-refractivity contribution is 14.1. The summed E-state index contributed by atoms with van der Waals surface area (Å²) in [6.45, 7) is 4.65. The summed E-state index contributed by atoms with van der Waals surface area (Å²) in [7, 11) is 0. The predicted octanol–water partition coefficient (Wildman–Crippen LogP) is 5.73. The molecule has 0 bridgehead atoms. The molecule has 0 amide bonds. The molecule has 0 radical (unpaired) electrons. The minimum atomic E-state index is -0.703. The van der Waals surface area contributed by atoms with Crippen molar-refractivity contribution in [1.82, 2.24) is 0 Å². The van der Waals surface area contributed by atoms with Gasteiger partial charge in [-0.15, -0.1) is 0 Å². The first-order chi connectivity index (χ1) is 13.4. The Morgan fingerprint density at radius 2 is 1.10 bits per heavy atom. The summed E-state index contributed by atoms with van der Waals surface area (Å²) in [5.41, 5.74) is 0. The summed E-state index contributed by atoms with van der Waals surface area (Å²) in [5, 5.41) is 9.99. The largest absolute Gasteiger partial charge is 0.481 e. The maximum Gasteiger partial charge on any atom is 0.305 e. The molecule has 0 saturated heterocycles. The van der Waals surface area contributed by atoms with Gasteiger partial charge in [0.05, 0.1) is 13.2 Å². The minimum Gasteiger partial charge on any atom is -0.481 e. The molecule has 0 aliphatic rings. The van der Waals surface area contributed by atoms with Gasteiger partial charge in [-0.1, -0.05) is 77.7 Å². The molecule has 0 fully saturated rings. The van der Waals surface area contributed by atoms with Crippen LogP contribution in [0.3, 0.4) is 0 Å². The van der Waals surface area contributed by atoms with Gasteiger partial charge in [0.15, 0.2) is 0 Å². The number of carbonyl (C=O) groups excluding carboxylic acids is 2. The monoisotopic (exact) mass is 691 g/mol. The molecule has 0 spiro atoms. The molecule has 0 rings (SSSR count). The van der Waals surface area contributed by atoms with Crippen molar-refractivity contribution in [3.63, 3.8) is 0 Å². The fourth-order valence-electron chi connectivity index (χ4n) is 1.56. The molecule has 10 heteroatoms. The van der Waals surface area contributed by atoms with Crippen molar-refractivity contribution in [2.45, 2.75) is 86.5 Å². The summed E-state index contributed by atoms with van der Waals surface area (Å²) in [6, 6.07) is 0. The third kappa shape index (κ3) is 53.4. The van der Waals surface area contributed by atoms with Gasteiger partial charge in [0, 0.05) is 29.9 Å². The lowest BCUT2D eigenvalue weighted by atomic mass is 10.2. The summed E-state index contributed by atoms with van der Waals surface area (Å²) in [4.78, 5) is 31.2. The lowest BCUT2D eigenvalue weighted by Crippen LogP contribution is -2.03.